The highest BCUT2D eigenvalue weighted by molar-refractivity contribution is 6.33. The van der Waals surface area contributed by atoms with E-state index in [1.165, 1.54) is 6.07 Å². The average Bonchev–Trinajstić information content (AvgIpc) is 2.56. The molecule has 3 nitrogen and oxygen atoms in total. The lowest BCUT2D eigenvalue weighted by molar-refractivity contribution is -0.137. The number of rotatable bonds is 6. The highest BCUT2D eigenvalue weighted by atomic mass is 35.5. The van der Waals surface area contributed by atoms with Gasteiger partial charge in [0, 0.05) is 26.6 Å². The lowest BCUT2D eigenvalue weighted by atomic mass is 10.2. The summed E-state index contributed by atoms with van der Waals surface area (Å²) >= 11 is 5.91. The standard InChI is InChI=1S/C18H18ClF3N2O/c1-24(12-13-5-3-2-4-6-13)17(25)9-10-23-16-11-14(18(20,21)22)7-8-15(16)19/h2-8,11,23H,9-10,12H2,1H3. The Labute approximate surface area is 149 Å². The van der Waals surface area contributed by atoms with Gasteiger partial charge in [-0.25, -0.2) is 0 Å². The van der Waals surface area contributed by atoms with E-state index in [-0.39, 0.29) is 29.6 Å². The van der Waals surface area contributed by atoms with Crippen LogP contribution in [0.5, 0.6) is 0 Å². The molecule has 134 valence electrons. The Morgan fingerprint density at radius 2 is 1.84 bits per heavy atom. The van der Waals surface area contributed by atoms with Gasteiger partial charge in [0.05, 0.1) is 16.3 Å². The smallest absolute Gasteiger partial charge is 0.383 e. The fourth-order valence-corrected chi connectivity index (χ4v) is 2.46. The lowest BCUT2D eigenvalue weighted by Gasteiger charge is -2.18. The molecule has 0 spiro atoms. The van der Waals surface area contributed by atoms with Crippen molar-refractivity contribution in [3.05, 3.63) is 64.7 Å². The molecule has 2 rings (SSSR count). The highest BCUT2D eigenvalue weighted by Crippen LogP contribution is 2.33. The van der Waals surface area contributed by atoms with Gasteiger partial charge in [0.15, 0.2) is 0 Å². The van der Waals surface area contributed by atoms with Gasteiger partial charge in [0.1, 0.15) is 0 Å². The molecule has 0 heterocycles. The van der Waals surface area contributed by atoms with E-state index in [1.54, 1.807) is 11.9 Å². The third-order valence-electron chi connectivity index (χ3n) is 3.64. The minimum absolute atomic E-state index is 0.112. The lowest BCUT2D eigenvalue weighted by Crippen LogP contribution is -2.27. The molecule has 0 aliphatic heterocycles. The van der Waals surface area contributed by atoms with Crippen LogP contribution in [0.2, 0.25) is 5.02 Å². The third kappa shape index (κ3) is 5.67. The van der Waals surface area contributed by atoms with Crippen molar-refractivity contribution in [2.75, 3.05) is 18.9 Å². The van der Waals surface area contributed by atoms with Crippen LogP contribution in [0.3, 0.4) is 0 Å². The van der Waals surface area contributed by atoms with Gasteiger partial charge in [-0.3, -0.25) is 4.79 Å². The van der Waals surface area contributed by atoms with Gasteiger partial charge >= 0.3 is 6.18 Å². The van der Waals surface area contributed by atoms with Crippen LogP contribution in [-0.2, 0) is 17.5 Å². The quantitative estimate of drug-likeness (QED) is 0.790. The Morgan fingerprint density at radius 1 is 1.16 bits per heavy atom. The molecule has 25 heavy (non-hydrogen) atoms. The van der Waals surface area contributed by atoms with Gasteiger partial charge in [-0.2, -0.15) is 13.2 Å². The number of carbonyl (C=O) groups is 1. The molecule has 0 saturated heterocycles. The second-order valence-electron chi connectivity index (χ2n) is 5.60. The van der Waals surface area contributed by atoms with Gasteiger partial charge in [0.25, 0.3) is 0 Å². The number of nitrogens with one attached hydrogen (secondary N) is 1. The number of anilines is 1. The van der Waals surface area contributed by atoms with Crippen LogP contribution in [0, 0.1) is 0 Å². The maximum absolute atomic E-state index is 12.7. The number of alkyl halides is 3. The normalized spacial score (nSPS) is 11.2. The molecular weight excluding hydrogens is 353 g/mol. The molecule has 1 amide bonds. The molecule has 0 saturated carbocycles. The number of carbonyl (C=O) groups excluding carboxylic acids is 1. The Kier molecular flexibility index (Phi) is 6.31. The zero-order valence-corrected chi connectivity index (χ0v) is 14.4. The summed E-state index contributed by atoms with van der Waals surface area (Å²) in [6.45, 7) is 0.670. The molecule has 0 fully saturated rings. The monoisotopic (exact) mass is 370 g/mol. The molecule has 1 N–H and O–H groups in total. The number of hydrogen-bond donors (Lipinski definition) is 1. The first-order chi connectivity index (χ1) is 11.8. The van der Waals surface area contributed by atoms with Crippen LogP contribution in [0.25, 0.3) is 0 Å². The summed E-state index contributed by atoms with van der Waals surface area (Å²) in [6, 6.07) is 12.6. The Morgan fingerprint density at radius 3 is 2.48 bits per heavy atom. The topological polar surface area (TPSA) is 32.3 Å². The Balaban J connectivity index is 1.88. The molecule has 0 aliphatic carbocycles. The SMILES string of the molecule is CN(Cc1ccccc1)C(=O)CCNc1cc(C(F)(F)F)ccc1Cl. The molecule has 0 atom stereocenters. The summed E-state index contributed by atoms with van der Waals surface area (Å²) in [6.07, 6.45) is -4.29. The van der Waals surface area contributed by atoms with E-state index in [4.69, 9.17) is 11.6 Å². The molecule has 2 aromatic carbocycles. The van der Waals surface area contributed by atoms with Crippen LogP contribution >= 0.6 is 11.6 Å². The number of nitrogens with zero attached hydrogens (tertiary/aromatic N) is 1. The van der Waals surface area contributed by atoms with Gasteiger partial charge in [-0.15, -0.1) is 0 Å². The zero-order valence-electron chi connectivity index (χ0n) is 13.6. The summed E-state index contributed by atoms with van der Waals surface area (Å²) in [5.74, 6) is -0.112. The van der Waals surface area contributed by atoms with Crippen molar-refractivity contribution in [1.29, 1.82) is 0 Å². The second kappa shape index (κ2) is 8.25. The van der Waals surface area contributed by atoms with Crippen LogP contribution in [0.4, 0.5) is 18.9 Å². The fraction of sp³-hybridized carbons (Fsp3) is 0.278. The van der Waals surface area contributed by atoms with Crippen molar-refractivity contribution in [3.63, 3.8) is 0 Å². The number of hydrogen-bond acceptors (Lipinski definition) is 2. The van der Waals surface area contributed by atoms with Crippen molar-refractivity contribution in [2.45, 2.75) is 19.1 Å². The third-order valence-corrected chi connectivity index (χ3v) is 3.97. The summed E-state index contributed by atoms with van der Waals surface area (Å²) < 4.78 is 38.2. The van der Waals surface area contributed by atoms with Crippen LogP contribution in [-0.4, -0.2) is 24.4 Å². The molecule has 0 unspecified atom stereocenters. The number of amides is 1. The second-order valence-corrected chi connectivity index (χ2v) is 6.01. The van der Waals surface area contributed by atoms with E-state index >= 15 is 0 Å². The van der Waals surface area contributed by atoms with Crippen molar-refractivity contribution in [1.82, 2.24) is 4.90 Å². The van der Waals surface area contributed by atoms with E-state index in [0.717, 1.165) is 17.7 Å². The molecule has 0 radical (unpaired) electrons. The number of benzene rings is 2. The average molecular weight is 371 g/mol. The van der Waals surface area contributed by atoms with Gasteiger partial charge in [-0.05, 0) is 23.8 Å². The van der Waals surface area contributed by atoms with Gasteiger partial charge in [0.2, 0.25) is 5.91 Å². The van der Waals surface area contributed by atoms with E-state index in [2.05, 4.69) is 5.32 Å². The highest BCUT2D eigenvalue weighted by Gasteiger charge is 2.30. The van der Waals surface area contributed by atoms with Gasteiger partial charge in [-0.1, -0.05) is 41.9 Å². The minimum Gasteiger partial charge on any atom is -0.383 e. The predicted molar refractivity (Wildman–Crippen MR) is 92.5 cm³/mol. The maximum Gasteiger partial charge on any atom is 0.416 e. The Bertz CT molecular complexity index is 720. The molecule has 0 bridgehead atoms. The molecular formula is C18H18ClF3N2O. The van der Waals surface area contributed by atoms with Crippen LogP contribution < -0.4 is 5.32 Å². The van der Waals surface area contributed by atoms with Crippen LogP contribution in [0.1, 0.15) is 17.5 Å². The molecule has 2 aromatic rings. The number of halogens is 4. The summed E-state index contributed by atoms with van der Waals surface area (Å²) in [7, 11) is 1.69. The van der Waals surface area contributed by atoms with E-state index in [1.807, 2.05) is 30.3 Å². The molecule has 0 aromatic heterocycles. The first-order valence-corrected chi connectivity index (χ1v) is 8.03. The van der Waals surface area contributed by atoms with Crippen molar-refractivity contribution >= 4 is 23.2 Å². The van der Waals surface area contributed by atoms with Crippen molar-refractivity contribution < 1.29 is 18.0 Å². The first kappa shape index (κ1) is 19.1. The summed E-state index contributed by atoms with van der Waals surface area (Å²) in [5.41, 5.74) is 0.383. The predicted octanol–water partition coefficient (Wildman–Crippen LogP) is 4.82. The van der Waals surface area contributed by atoms with E-state index in [0.29, 0.717) is 6.54 Å². The first-order valence-electron chi connectivity index (χ1n) is 7.66. The maximum atomic E-state index is 12.7. The summed E-state index contributed by atoms with van der Waals surface area (Å²) in [5, 5.41) is 2.97. The molecule has 7 heteroatoms. The van der Waals surface area contributed by atoms with Gasteiger partial charge < -0.3 is 10.2 Å². The van der Waals surface area contributed by atoms with E-state index < -0.39 is 11.7 Å². The Hall–Kier alpha value is -2.21. The van der Waals surface area contributed by atoms with Crippen molar-refractivity contribution in [3.8, 4) is 0 Å². The minimum atomic E-state index is -4.44. The zero-order chi connectivity index (χ0) is 18.4. The van der Waals surface area contributed by atoms with Crippen molar-refractivity contribution in [2.24, 2.45) is 0 Å². The molecule has 0 aliphatic rings. The fourth-order valence-electron chi connectivity index (χ4n) is 2.28. The van der Waals surface area contributed by atoms with Crippen LogP contribution in [0.15, 0.2) is 48.5 Å². The summed E-state index contributed by atoms with van der Waals surface area (Å²) in [4.78, 5) is 13.7. The largest absolute Gasteiger partial charge is 0.416 e. The van der Waals surface area contributed by atoms with E-state index in [9.17, 15) is 18.0 Å².